The molecule has 3 heterocycles. The minimum Gasteiger partial charge on any atom is -0.481 e. The summed E-state index contributed by atoms with van der Waals surface area (Å²) in [5.41, 5.74) is 5.75. The van der Waals surface area contributed by atoms with E-state index in [1.807, 2.05) is 38.1 Å². The minimum atomic E-state index is -1.03. The SMILES string of the molecule is Cc1cc(-c2nc3cnc(Oc4ccc5ncsc5c4)nc3o2)cc(C)c1OCC(=O)O. The van der Waals surface area contributed by atoms with E-state index in [1.54, 1.807) is 17.8 Å². The zero-order valence-corrected chi connectivity index (χ0v) is 17.8. The predicted molar refractivity (Wildman–Crippen MR) is 117 cm³/mol. The van der Waals surface area contributed by atoms with Crippen LogP contribution in [0.2, 0.25) is 0 Å². The number of aryl methyl sites for hydroxylation is 2. The second kappa shape index (κ2) is 7.89. The van der Waals surface area contributed by atoms with E-state index in [0.717, 1.165) is 26.9 Å². The van der Waals surface area contributed by atoms with E-state index < -0.39 is 12.6 Å². The Labute approximate surface area is 185 Å². The van der Waals surface area contributed by atoms with Crippen LogP contribution in [0.4, 0.5) is 0 Å². The lowest BCUT2D eigenvalue weighted by molar-refractivity contribution is -0.139. The molecule has 0 atom stereocenters. The van der Waals surface area contributed by atoms with Gasteiger partial charge in [0.25, 0.3) is 5.71 Å². The highest BCUT2D eigenvalue weighted by Gasteiger charge is 2.15. The first-order valence-electron chi connectivity index (χ1n) is 9.57. The number of fused-ring (bicyclic) bond motifs is 2. The minimum absolute atomic E-state index is 0.147. The number of hydrogen-bond donors (Lipinski definition) is 1. The number of thiazole rings is 1. The Morgan fingerprint density at radius 1 is 1.09 bits per heavy atom. The Morgan fingerprint density at radius 2 is 1.91 bits per heavy atom. The van der Waals surface area contributed by atoms with E-state index >= 15 is 0 Å². The van der Waals surface area contributed by atoms with Gasteiger partial charge < -0.3 is 19.0 Å². The van der Waals surface area contributed by atoms with E-state index in [1.165, 1.54) is 11.3 Å². The lowest BCUT2D eigenvalue weighted by atomic mass is 10.1. The molecule has 2 aromatic carbocycles. The maximum absolute atomic E-state index is 10.8. The highest BCUT2D eigenvalue weighted by atomic mass is 32.1. The lowest BCUT2D eigenvalue weighted by Gasteiger charge is -2.11. The maximum Gasteiger partial charge on any atom is 0.341 e. The fourth-order valence-electron chi connectivity index (χ4n) is 3.33. The molecule has 0 radical (unpaired) electrons. The molecule has 32 heavy (non-hydrogen) atoms. The number of nitrogens with zero attached hydrogens (tertiary/aromatic N) is 4. The Balaban J connectivity index is 1.43. The molecule has 5 rings (SSSR count). The lowest BCUT2D eigenvalue weighted by Crippen LogP contribution is -2.10. The quantitative estimate of drug-likeness (QED) is 0.391. The molecule has 0 unspecified atom stereocenters. The van der Waals surface area contributed by atoms with E-state index in [0.29, 0.717) is 28.6 Å². The first-order chi connectivity index (χ1) is 15.5. The van der Waals surface area contributed by atoms with Gasteiger partial charge in [-0.15, -0.1) is 11.3 Å². The van der Waals surface area contributed by atoms with Gasteiger partial charge in [0.2, 0.25) is 5.89 Å². The maximum atomic E-state index is 10.8. The molecule has 0 aliphatic rings. The summed E-state index contributed by atoms with van der Waals surface area (Å²) in [5, 5.41) is 8.85. The molecule has 0 saturated heterocycles. The normalized spacial score (nSPS) is 11.2. The summed E-state index contributed by atoms with van der Waals surface area (Å²) < 4.78 is 18.0. The number of rotatable bonds is 6. The van der Waals surface area contributed by atoms with Gasteiger partial charge in [-0.3, -0.25) is 0 Å². The van der Waals surface area contributed by atoms with Gasteiger partial charge >= 0.3 is 12.0 Å². The summed E-state index contributed by atoms with van der Waals surface area (Å²) >= 11 is 1.52. The summed E-state index contributed by atoms with van der Waals surface area (Å²) in [6, 6.07) is 9.36. The predicted octanol–water partition coefficient (Wildman–Crippen LogP) is 4.77. The number of aromatic nitrogens is 4. The van der Waals surface area contributed by atoms with Crippen LogP contribution in [0.15, 0.2) is 46.5 Å². The molecule has 0 bridgehead atoms. The van der Waals surface area contributed by atoms with Crippen molar-refractivity contribution < 1.29 is 23.8 Å². The van der Waals surface area contributed by atoms with Crippen LogP contribution >= 0.6 is 11.3 Å². The van der Waals surface area contributed by atoms with Crippen molar-refractivity contribution in [2.24, 2.45) is 0 Å². The molecule has 1 N–H and O–H groups in total. The smallest absolute Gasteiger partial charge is 0.341 e. The van der Waals surface area contributed by atoms with E-state index in [-0.39, 0.29) is 6.01 Å². The molecule has 0 amide bonds. The van der Waals surface area contributed by atoms with Crippen molar-refractivity contribution in [3.63, 3.8) is 0 Å². The summed E-state index contributed by atoms with van der Waals surface area (Å²) in [4.78, 5) is 28.1. The molecule has 10 heteroatoms. The second-order valence-electron chi connectivity index (χ2n) is 7.07. The summed E-state index contributed by atoms with van der Waals surface area (Å²) in [6.07, 6.45) is 1.54. The second-order valence-corrected chi connectivity index (χ2v) is 7.95. The van der Waals surface area contributed by atoms with Crippen molar-refractivity contribution in [3.8, 4) is 29.0 Å². The monoisotopic (exact) mass is 448 g/mol. The molecule has 9 nitrogen and oxygen atoms in total. The summed E-state index contributed by atoms with van der Waals surface area (Å²) in [7, 11) is 0. The van der Waals surface area contributed by atoms with Gasteiger partial charge in [0.1, 0.15) is 17.0 Å². The number of aliphatic carboxylic acids is 1. The molecule has 0 fully saturated rings. The van der Waals surface area contributed by atoms with Crippen molar-refractivity contribution in [2.75, 3.05) is 6.61 Å². The van der Waals surface area contributed by atoms with Gasteiger partial charge in [-0.25, -0.2) is 19.7 Å². The Kier molecular flexibility index (Phi) is 4.91. The highest BCUT2D eigenvalue weighted by Crippen LogP contribution is 2.32. The Hall–Kier alpha value is -4.05. The topological polar surface area (TPSA) is 120 Å². The van der Waals surface area contributed by atoms with Gasteiger partial charge in [-0.05, 0) is 49.2 Å². The van der Waals surface area contributed by atoms with Crippen LogP contribution < -0.4 is 9.47 Å². The standard InChI is InChI=1S/C22H16N4O5S/c1-11-5-13(6-12(2)19(11)29-9-18(27)28)20-25-16-8-23-22(26-21(16)31-20)30-14-3-4-15-17(7-14)32-10-24-15/h3-8,10H,9H2,1-2H3,(H,27,28). The number of carboxylic acid groups (broad SMARTS) is 1. The number of oxazole rings is 1. The third kappa shape index (κ3) is 3.83. The average Bonchev–Trinajstić information content (AvgIpc) is 3.39. The van der Waals surface area contributed by atoms with Crippen molar-refractivity contribution >= 4 is 38.8 Å². The van der Waals surface area contributed by atoms with Crippen LogP contribution in [0.25, 0.3) is 32.9 Å². The Morgan fingerprint density at radius 3 is 2.69 bits per heavy atom. The van der Waals surface area contributed by atoms with Gasteiger partial charge in [-0.2, -0.15) is 4.98 Å². The van der Waals surface area contributed by atoms with Crippen molar-refractivity contribution in [1.29, 1.82) is 0 Å². The number of carbonyl (C=O) groups is 1. The molecule has 0 aliphatic carbocycles. The zero-order chi connectivity index (χ0) is 22.2. The van der Waals surface area contributed by atoms with E-state index in [9.17, 15) is 4.79 Å². The average molecular weight is 448 g/mol. The number of ether oxygens (including phenoxy) is 2. The fraction of sp³-hybridized carbons (Fsp3) is 0.136. The van der Waals surface area contributed by atoms with Gasteiger partial charge in [0, 0.05) is 11.6 Å². The van der Waals surface area contributed by atoms with Crippen molar-refractivity contribution in [1.82, 2.24) is 19.9 Å². The first-order valence-corrected chi connectivity index (χ1v) is 10.4. The molecule has 3 aromatic heterocycles. The van der Waals surface area contributed by atoms with Gasteiger partial charge in [0.05, 0.1) is 21.9 Å². The zero-order valence-electron chi connectivity index (χ0n) is 17.0. The van der Waals surface area contributed by atoms with Crippen molar-refractivity contribution in [3.05, 3.63) is 53.2 Å². The van der Waals surface area contributed by atoms with Crippen LogP contribution in [0.1, 0.15) is 11.1 Å². The fourth-order valence-corrected chi connectivity index (χ4v) is 4.04. The van der Waals surface area contributed by atoms with Crippen molar-refractivity contribution in [2.45, 2.75) is 13.8 Å². The van der Waals surface area contributed by atoms with Crippen LogP contribution in [-0.2, 0) is 4.79 Å². The van der Waals surface area contributed by atoms with Crippen LogP contribution in [0, 0.1) is 13.8 Å². The molecule has 5 aromatic rings. The van der Waals surface area contributed by atoms with Crippen LogP contribution in [0.5, 0.6) is 17.5 Å². The molecule has 0 saturated carbocycles. The molecule has 0 spiro atoms. The number of hydrogen-bond acceptors (Lipinski definition) is 9. The summed E-state index contributed by atoms with van der Waals surface area (Å²) in [6.45, 7) is 3.27. The van der Waals surface area contributed by atoms with Crippen LogP contribution in [0.3, 0.4) is 0 Å². The third-order valence-corrected chi connectivity index (χ3v) is 5.48. The van der Waals surface area contributed by atoms with E-state index in [4.69, 9.17) is 19.0 Å². The Bertz CT molecular complexity index is 1450. The summed E-state index contributed by atoms with van der Waals surface area (Å²) in [5.74, 6) is 0.466. The highest BCUT2D eigenvalue weighted by molar-refractivity contribution is 7.16. The molecular formula is C22H16N4O5S. The van der Waals surface area contributed by atoms with Crippen LogP contribution in [-0.4, -0.2) is 37.6 Å². The van der Waals surface area contributed by atoms with E-state index in [2.05, 4.69) is 19.9 Å². The molecule has 160 valence electrons. The number of carboxylic acids is 1. The first kappa shape index (κ1) is 19.9. The molecule has 0 aliphatic heterocycles. The van der Waals surface area contributed by atoms with Gasteiger partial charge in [0.15, 0.2) is 6.61 Å². The van der Waals surface area contributed by atoms with Gasteiger partial charge in [-0.1, -0.05) is 0 Å². The largest absolute Gasteiger partial charge is 0.481 e. The molecular weight excluding hydrogens is 432 g/mol. The third-order valence-electron chi connectivity index (χ3n) is 4.69. The number of benzene rings is 2.